The van der Waals surface area contributed by atoms with Crippen molar-refractivity contribution in [2.24, 2.45) is 0 Å². The van der Waals surface area contributed by atoms with Gasteiger partial charge in [-0.3, -0.25) is 4.98 Å². The Hall–Kier alpha value is -1.62. The van der Waals surface area contributed by atoms with Crippen LogP contribution in [0.1, 0.15) is 5.56 Å². The van der Waals surface area contributed by atoms with Gasteiger partial charge in [-0.1, -0.05) is 28.1 Å². The van der Waals surface area contributed by atoms with E-state index in [1.807, 2.05) is 19.2 Å². The summed E-state index contributed by atoms with van der Waals surface area (Å²) in [6.07, 6.45) is 3.39. The standard InChI is InChI=1S/C12H13BrN4/c1-14-11-7-15-8-12(17-11)16-6-9-2-4-10(13)5-3-9/h2-5,7-8H,6H2,1H3,(H2,14,16,17). The van der Waals surface area contributed by atoms with Crippen molar-refractivity contribution in [2.45, 2.75) is 6.54 Å². The molecule has 0 aliphatic rings. The van der Waals surface area contributed by atoms with Gasteiger partial charge in [-0.05, 0) is 17.7 Å². The highest BCUT2D eigenvalue weighted by atomic mass is 79.9. The normalized spacial score (nSPS) is 10.0. The summed E-state index contributed by atoms with van der Waals surface area (Å²) in [5, 5.41) is 6.18. The molecule has 1 aromatic carbocycles. The van der Waals surface area contributed by atoms with E-state index in [0.29, 0.717) is 0 Å². The minimum absolute atomic E-state index is 0.731. The van der Waals surface area contributed by atoms with Crippen molar-refractivity contribution in [3.8, 4) is 0 Å². The van der Waals surface area contributed by atoms with Crippen molar-refractivity contribution in [1.82, 2.24) is 9.97 Å². The maximum absolute atomic E-state index is 4.33. The van der Waals surface area contributed by atoms with E-state index in [2.05, 4.69) is 48.7 Å². The lowest BCUT2D eigenvalue weighted by molar-refractivity contribution is 1.08. The van der Waals surface area contributed by atoms with Gasteiger partial charge in [0.2, 0.25) is 0 Å². The fourth-order valence-electron chi connectivity index (χ4n) is 1.37. The summed E-state index contributed by atoms with van der Waals surface area (Å²) in [4.78, 5) is 8.42. The molecule has 1 aromatic heterocycles. The first kappa shape index (κ1) is 11.9. The Balaban J connectivity index is 1.99. The van der Waals surface area contributed by atoms with Crippen LogP contribution in [0, 0.1) is 0 Å². The minimum atomic E-state index is 0.731. The molecule has 0 saturated heterocycles. The Morgan fingerprint density at radius 2 is 1.82 bits per heavy atom. The van der Waals surface area contributed by atoms with Gasteiger partial charge in [0, 0.05) is 18.1 Å². The zero-order chi connectivity index (χ0) is 12.1. The summed E-state index contributed by atoms with van der Waals surface area (Å²) in [5.74, 6) is 1.52. The molecule has 17 heavy (non-hydrogen) atoms. The number of anilines is 2. The van der Waals surface area contributed by atoms with Crippen LogP contribution in [-0.4, -0.2) is 17.0 Å². The predicted molar refractivity (Wildman–Crippen MR) is 73.0 cm³/mol. The fourth-order valence-corrected chi connectivity index (χ4v) is 1.63. The predicted octanol–water partition coefficient (Wildman–Crippen LogP) is 2.89. The van der Waals surface area contributed by atoms with Crippen LogP contribution in [0.4, 0.5) is 11.6 Å². The number of benzene rings is 1. The molecule has 5 heteroatoms. The van der Waals surface area contributed by atoms with E-state index in [9.17, 15) is 0 Å². The summed E-state index contributed by atoms with van der Waals surface area (Å²) in [7, 11) is 1.82. The summed E-state index contributed by atoms with van der Waals surface area (Å²) in [5.41, 5.74) is 1.20. The Morgan fingerprint density at radius 1 is 1.12 bits per heavy atom. The van der Waals surface area contributed by atoms with Gasteiger partial charge in [0.05, 0.1) is 12.4 Å². The monoisotopic (exact) mass is 292 g/mol. The molecular formula is C12H13BrN4. The number of aromatic nitrogens is 2. The number of hydrogen-bond donors (Lipinski definition) is 2. The van der Waals surface area contributed by atoms with Crippen LogP contribution in [0.25, 0.3) is 0 Å². The summed E-state index contributed by atoms with van der Waals surface area (Å²) in [6.45, 7) is 0.731. The summed E-state index contributed by atoms with van der Waals surface area (Å²) in [6, 6.07) is 8.16. The third-order valence-corrected chi connectivity index (χ3v) is 2.81. The molecule has 0 saturated carbocycles. The second-order valence-corrected chi connectivity index (χ2v) is 4.44. The molecule has 0 atom stereocenters. The second kappa shape index (κ2) is 5.63. The summed E-state index contributed by atoms with van der Waals surface area (Å²) < 4.78 is 1.08. The van der Waals surface area contributed by atoms with Crippen molar-refractivity contribution in [3.05, 3.63) is 46.7 Å². The van der Waals surface area contributed by atoms with E-state index >= 15 is 0 Å². The number of nitrogens with zero attached hydrogens (tertiary/aromatic N) is 2. The van der Waals surface area contributed by atoms with E-state index in [1.54, 1.807) is 12.4 Å². The van der Waals surface area contributed by atoms with Crippen molar-refractivity contribution in [1.29, 1.82) is 0 Å². The van der Waals surface area contributed by atoms with Crippen LogP contribution in [0.5, 0.6) is 0 Å². The van der Waals surface area contributed by atoms with Gasteiger partial charge in [-0.25, -0.2) is 4.98 Å². The lowest BCUT2D eigenvalue weighted by atomic mass is 10.2. The molecule has 2 N–H and O–H groups in total. The quantitative estimate of drug-likeness (QED) is 0.910. The largest absolute Gasteiger partial charge is 0.372 e. The van der Waals surface area contributed by atoms with Crippen LogP contribution < -0.4 is 10.6 Å². The molecule has 88 valence electrons. The van der Waals surface area contributed by atoms with Crippen molar-refractivity contribution < 1.29 is 0 Å². The average molecular weight is 293 g/mol. The third kappa shape index (κ3) is 3.42. The molecule has 0 fully saturated rings. The molecule has 1 heterocycles. The Morgan fingerprint density at radius 3 is 2.53 bits per heavy atom. The minimum Gasteiger partial charge on any atom is -0.372 e. The first-order valence-electron chi connectivity index (χ1n) is 5.26. The van der Waals surface area contributed by atoms with Crippen LogP contribution in [0.3, 0.4) is 0 Å². The maximum Gasteiger partial charge on any atom is 0.147 e. The molecule has 0 radical (unpaired) electrons. The zero-order valence-electron chi connectivity index (χ0n) is 9.44. The molecule has 0 bridgehead atoms. The molecule has 4 nitrogen and oxygen atoms in total. The SMILES string of the molecule is CNc1cncc(NCc2ccc(Br)cc2)n1. The second-order valence-electron chi connectivity index (χ2n) is 3.52. The van der Waals surface area contributed by atoms with E-state index in [0.717, 1.165) is 22.7 Å². The Labute approximate surface area is 109 Å². The van der Waals surface area contributed by atoms with Gasteiger partial charge in [-0.15, -0.1) is 0 Å². The lowest BCUT2D eigenvalue weighted by Gasteiger charge is -2.06. The van der Waals surface area contributed by atoms with Gasteiger partial charge in [0.15, 0.2) is 0 Å². The molecular weight excluding hydrogens is 280 g/mol. The number of hydrogen-bond acceptors (Lipinski definition) is 4. The topological polar surface area (TPSA) is 49.8 Å². The number of nitrogens with one attached hydrogen (secondary N) is 2. The van der Waals surface area contributed by atoms with Gasteiger partial charge < -0.3 is 10.6 Å². The van der Waals surface area contributed by atoms with Crippen LogP contribution in [0.15, 0.2) is 41.1 Å². The van der Waals surface area contributed by atoms with Gasteiger partial charge in [-0.2, -0.15) is 0 Å². The highest BCUT2D eigenvalue weighted by Crippen LogP contribution is 2.12. The van der Waals surface area contributed by atoms with Crippen molar-refractivity contribution >= 4 is 27.6 Å². The van der Waals surface area contributed by atoms with Crippen molar-refractivity contribution in [3.63, 3.8) is 0 Å². The summed E-state index contributed by atoms with van der Waals surface area (Å²) >= 11 is 3.41. The Bertz CT molecular complexity index is 484. The fraction of sp³-hybridized carbons (Fsp3) is 0.167. The molecule has 0 aliphatic carbocycles. The Kier molecular flexibility index (Phi) is 3.93. The van der Waals surface area contributed by atoms with E-state index in [1.165, 1.54) is 5.56 Å². The highest BCUT2D eigenvalue weighted by Gasteiger charge is 1.97. The first-order chi connectivity index (χ1) is 8.28. The third-order valence-electron chi connectivity index (χ3n) is 2.28. The van der Waals surface area contributed by atoms with E-state index < -0.39 is 0 Å². The molecule has 0 unspecified atom stereocenters. The number of halogens is 1. The van der Waals surface area contributed by atoms with Crippen LogP contribution in [0.2, 0.25) is 0 Å². The van der Waals surface area contributed by atoms with Crippen LogP contribution in [-0.2, 0) is 6.54 Å². The smallest absolute Gasteiger partial charge is 0.147 e. The molecule has 2 aromatic rings. The zero-order valence-corrected chi connectivity index (χ0v) is 11.0. The molecule has 0 amide bonds. The van der Waals surface area contributed by atoms with Gasteiger partial charge in [0.1, 0.15) is 11.6 Å². The van der Waals surface area contributed by atoms with Crippen molar-refractivity contribution in [2.75, 3.05) is 17.7 Å². The first-order valence-corrected chi connectivity index (χ1v) is 6.05. The molecule has 0 aliphatic heterocycles. The van der Waals surface area contributed by atoms with Crippen LogP contribution >= 0.6 is 15.9 Å². The van der Waals surface area contributed by atoms with E-state index in [-0.39, 0.29) is 0 Å². The van der Waals surface area contributed by atoms with Gasteiger partial charge in [0.25, 0.3) is 0 Å². The van der Waals surface area contributed by atoms with Gasteiger partial charge >= 0.3 is 0 Å². The maximum atomic E-state index is 4.33. The highest BCUT2D eigenvalue weighted by molar-refractivity contribution is 9.10. The van der Waals surface area contributed by atoms with E-state index in [4.69, 9.17) is 0 Å². The molecule has 0 spiro atoms. The number of rotatable bonds is 4. The molecule has 2 rings (SSSR count). The average Bonchev–Trinajstić information content (AvgIpc) is 2.38. The lowest BCUT2D eigenvalue weighted by Crippen LogP contribution is -2.03.